The molecule has 0 saturated heterocycles. The van der Waals surface area contributed by atoms with Gasteiger partial charge in [-0.3, -0.25) is 9.59 Å². The van der Waals surface area contributed by atoms with Crippen LogP contribution in [0.25, 0.3) is 5.57 Å². The maximum atomic E-state index is 12.3. The van der Waals surface area contributed by atoms with Gasteiger partial charge >= 0.3 is 0 Å². The molecule has 0 atom stereocenters. The Hall–Kier alpha value is -2.56. The van der Waals surface area contributed by atoms with Crippen LogP contribution in [0.15, 0.2) is 30.5 Å². The number of rotatable bonds is 5. The topological polar surface area (TPSA) is 86.6 Å². The molecule has 0 spiro atoms. The minimum Gasteiger partial charge on any atom is -0.504 e. The molecule has 2 rings (SSSR count). The SMILES string of the molecule is C=CC1=C(NC(=O)CCCC)C(=O)c2cc(O)c(O)cc21. The summed E-state index contributed by atoms with van der Waals surface area (Å²) in [6.07, 6.45) is 3.42. The second-order valence-corrected chi connectivity index (χ2v) is 4.86. The standard InChI is InChI=1S/C16H17NO4/c1-3-5-6-14(20)17-15-9(4-2)10-7-12(18)13(19)8-11(10)16(15)21/h4,7-8,18-19H,2-3,5-6H2,1H3,(H,17,20,21). The molecule has 110 valence electrons. The third kappa shape index (κ3) is 2.67. The van der Waals surface area contributed by atoms with Crippen molar-refractivity contribution >= 4 is 17.3 Å². The smallest absolute Gasteiger partial charge is 0.224 e. The highest BCUT2D eigenvalue weighted by Gasteiger charge is 2.30. The summed E-state index contributed by atoms with van der Waals surface area (Å²) in [5.41, 5.74) is 1.29. The Morgan fingerprint density at radius 3 is 2.48 bits per heavy atom. The number of carbonyl (C=O) groups excluding carboxylic acids is 2. The predicted octanol–water partition coefficient (Wildman–Crippen LogP) is 2.50. The normalized spacial score (nSPS) is 13.3. The monoisotopic (exact) mass is 287 g/mol. The largest absolute Gasteiger partial charge is 0.504 e. The lowest BCUT2D eigenvalue weighted by Crippen LogP contribution is -2.26. The van der Waals surface area contributed by atoms with Gasteiger partial charge in [-0.05, 0) is 24.1 Å². The summed E-state index contributed by atoms with van der Waals surface area (Å²) >= 11 is 0. The molecule has 5 heteroatoms. The number of nitrogens with one attached hydrogen (secondary N) is 1. The van der Waals surface area contributed by atoms with Crippen LogP contribution < -0.4 is 5.32 Å². The van der Waals surface area contributed by atoms with Crippen molar-refractivity contribution in [3.05, 3.63) is 41.6 Å². The molecule has 1 aromatic rings. The third-order valence-corrected chi connectivity index (χ3v) is 3.37. The number of phenols is 2. The highest BCUT2D eigenvalue weighted by atomic mass is 16.3. The van der Waals surface area contributed by atoms with Gasteiger partial charge in [0.15, 0.2) is 11.5 Å². The quantitative estimate of drug-likeness (QED) is 0.726. The molecule has 0 aliphatic heterocycles. The number of fused-ring (bicyclic) bond motifs is 1. The summed E-state index contributed by atoms with van der Waals surface area (Å²) in [6.45, 7) is 5.62. The molecule has 0 bridgehead atoms. The highest BCUT2D eigenvalue weighted by molar-refractivity contribution is 6.23. The fraction of sp³-hybridized carbons (Fsp3) is 0.250. The van der Waals surface area contributed by atoms with Crippen molar-refractivity contribution in [2.45, 2.75) is 26.2 Å². The first-order valence-electron chi connectivity index (χ1n) is 6.77. The van der Waals surface area contributed by atoms with Gasteiger partial charge in [-0.1, -0.05) is 26.0 Å². The van der Waals surface area contributed by atoms with Crippen LogP contribution in [0, 0.1) is 0 Å². The molecule has 1 aromatic carbocycles. The van der Waals surface area contributed by atoms with E-state index in [2.05, 4.69) is 11.9 Å². The maximum Gasteiger partial charge on any atom is 0.224 e. The van der Waals surface area contributed by atoms with Crippen molar-refractivity contribution in [2.24, 2.45) is 0 Å². The van der Waals surface area contributed by atoms with Crippen LogP contribution in [0.5, 0.6) is 11.5 Å². The molecule has 0 aromatic heterocycles. The number of amides is 1. The summed E-state index contributed by atoms with van der Waals surface area (Å²) in [4.78, 5) is 24.1. The van der Waals surface area contributed by atoms with Gasteiger partial charge in [0.2, 0.25) is 11.7 Å². The van der Waals surface area contributed by atoms with E-state index in [0.29, 0.717) is 17.6 Å². The van der Waals surface area contributed by atoms with Crippen molar-refractivity contribution in [1.29, 1.82) is 0 Å². The minimum atomic E-state index is -0.389. The van der Waals surface area contributed by atoms with Gasteiger partial charge in [0.05, 0.1) is 5.70 Å². The number of allylic oxidation sites excluding steroid dienone is 3. The number of aromatic hydroxyl groups is 2. The molecule has 1 aliphatic carbocycles. The summed E-state index contributed by atoms with van der Waals surface area (Å²) < 4.78 is 0. The van der Waals surface area contributed by atoms with Crippen molar-refractivity contribution in [3.8, 4) is 11.5 Å². The Kier molecular flexibility index (Phi) is 4.12. The average Bonchev–Trinajstić information content (AvgIpc) is 2.70. The van der Waals surface area contributed by atoms with E-state index in [1.807, 2.05) is 6.92 Å². The third-order valence-electron chi connectivity index (χ3n) is 3.37. The Morgan fingerprint density at radius 2 is 1.90 bits per heavy atom. The molecule has 0 saturated carbocycles. The zero-order valence-electron chi connectivity index (χ0n) is 11.8. The van der Waals surface area contributed by atoms with Crippen LogP contribution in [-0.4, -0.2) is 21.9 Å². The first-order valence-corrected chi connectivity index (χ1v) is 6.77. The molecule has 0 unspecified atom stereocenters. The molecule has 1 amide bonds. The lowest BCUT2D eigenvalue weighted by atomic mass is 10.0. The second-order valence-electron chi connectivity index (χ2n) is 4.86. The zero-order chi connectivity index (χ0) is 15.6. The molecule has 3 N–H and O–H groups in total. The van der Waals surface area contributed by atoms with Gasteiger partial charge < -0.3 is 15.5 Å². The number of benzene rings is 1. The van der Waals surface area contributed by atoms with Crippen LogP contribution >= 0.6 is 0 Å². The number of phenolic OH excluding ortho intramolecular Hbond substituents is 2. The van der Waals surface area contributed by atoms with E-state index in [1.54, 1.807) is 0 Å². The number of Topliss-reactive ketones (excluding diaryl/α,β-unsaturated/α-hetero) is 1. The molecule has 5 nitrogen and oxygen atoms in total. The lowest BCUT2D eigenvalue weighted by molar-refractivity contribution is -0.120. The second kappa shape index (κ2) is 5.83. The van der Waals surface area contributed by atoms with Gasteiger partial charge in [0, 0.05) is 17.6 Å². The van der Waals surface area contributed by atoms with E-state index in [-0.39, 0.29) is 34.4 Å². The van der Waals surface area contributed by atoms with E-state index in [0.717, 1.165) is 12.8 Å². The average molecular weight is 287 g/mol. The molecule has 1 aliphatic rings. The van der Waals surface area contributed by atoms with Gasteiger partial charge in [0.25, 0.3) is 0 Å². The Bertz CT molecular complexity index is 658. The number of hydrogen-bond donors (Lipinski definition) is 3. The van der Waals surface area contributed by atoms with Crippen LogP contribution in [0.4, 0.5) is 0 Å². The summed E-state index contributed by atoms with van der Waals surface area (Å²) in [5, 5.41) is 21.7. The maximum absolute atomic E-state index is 12.3. The Labute approximate surface area is 122 Å². The fourth-order valence-electron chi connectivity index (χ4n) is 2.25. The van der Waals surface area contributed by atoms with Gasteiger partial charge in [-0.2, -0.15) is 0 Å². The Balaban J connectivity index is 2.37. The molecule has 0 fully saturated rings. The summed E-state index contributed by atoms with van der Waals surface area (Å²) in [7, 11) is 0. The molecular formula is C16H17NO4. The summed E-state index contributed by atoms with van der Waals surface area (Å²) in [5.74, 6) is -1.32. The Morgan fingerprint density at radius 1 is 1.29 bits per heavy atom. The highest BCUT2D eigenvalue weighted by Crippen LogP contribution is 2.38. The van der Waals surface area contributed by atoms with Crippen LogP contribution in [0.2, 0.25) is 0 Å². The minimum absolute atomic E-state index is 0.145. The first-order chi connectivity index (χ1) is 9.99. The fourth-order valence-corrected chi connectivity index (χ4v) is 2.25. The molecule has 0 radical (unpaired) electrons. The molecule has 21 heavy (non-hydrogen) atoms. The number of ketones is 1. The van der Waals surface area contributed by atoms with Crippen molar-refractivity contribution in [3.63, 3.8) is 0 Å². The van der Waals surface area contributed by atoms with Gasteiger partial charge in [0.1, 0.15) is 0 Å². The first kappa shape index (κ1) is 14.8. The molecule has 0 heterocycles. The van der Waals surface area contributed by atoms with Crippen LogP contribution in [0.3, 0.4) is 0 Å². The van der Waals surface area contributed by atoms with E-state index in [9.17, 15) is 19.8 Å². The van der Waals surface area contributed by atoms with Crippen molar-refractivity contribution in [1.82, 2.24) is 5.32 Å². The van der Waals surface area contributed by atoms with Gasteiger partial charge in [-0.15, -0.1) is 0 Å². The number of hydrogen-bond acceptors (Lipinski definition) is 4. The molecular weight excluding hydrogens is 270 g/mol. The van der Waals surface area contributed by atoms with Crippen LogP contribution in [-0.2, 0) is 4.79 Å². The number of carbonyl (C=O) groups is 2. The van der Waals surface area contributed by atoms with Gasteiger partial charge in [-0.25, -0.2) is 0 Å². The van der Waals surface area contributed by atoms with E-state index in [1.165, 1.54) is 18.2 Å². The van der Waals surface area contributed by atoms with Crippen LogP contribution in [0.1, 0.15) is 42.1 Å². The summed E-state index contributed by atoms with van der Waals surface area (Å²) in [6, 6.07) is 2.49. The van der Waals surface area contributed by atoms with E-state index >= 15 is 0 Å². The van der Waals surface area contributed by atoms with E-state index < -0.39 is 0 Å². The van der Waals surface area contributed by atoms with E-state index in [4.69, 9.17) is 0 Å². The van der Waals surface area contributed by atoms with Crippen molar-refractivity contribution in [2.75, 3.05) is 0 Å². The zero-order valence-corrected chi connectivity index (χ0v) is 11.8. The predicted molar refractivity (Wildman–Crippen MR) is 78.9 cm³/mol. The van der Waals surface area contributed by atoms with Crippen molar-refractivity contribution < 1.29 is 19.8 Å². The lowest BCUT2D eigenvalue weighted by Gasteiger charge is -2.06. The number of unbranched alkanes of at least 4 members (excludes halogenated alkanes) is 1.